The van der Waals surface area contributed by atoms with Gasteiger partial charge in [0.1, 0.15) is 18.1 Å². The van der Waals surface area contributed by atoms with Crippen molar-refractivity contribution in [3.63, 3.8) is 0 Å². The van der Waals surface area contributed by atoms with E-state index in [-0.39, 0.29) is 31.1 Å². The topological polar surface area (TPSA) is 189 Å². The van der Waals surface area contributed by atoms with E-state index in [4.69, 9.17) is 10.5 Å². The van der Waals surface area contributed by atoms with E-state index >= 15 is 0 Å². The van der Waals surface area contributed by atoms with Crippen molar-refractivity contribution in [1.29, 1.82) is 0 Å². The molecule has 1 rings (SSSR count). The molecular weight excluding hydrogens is 530 g/mol. The second kappa shape index (κ2) is 17.3. The third kappa shape index (κ3) is 12.3. The lowest BCUT2D eigenvalue weighted by molar-refractivity contribution is -0.146. The van der Waals surface area contributed by atoms with Gasteiger partial charge in [-0.15, -0.1) is 0 Å². The third-order valence-corrected chi connectivity index (χ3v) is 6.61. The maximum atomic E-state index is 12.9. The second-order valence-corrected chi connectivity index (χ2v) is 11.0. The molecule has 12 heteroatoms. The molecule has 0 aromatic heterocycles. The first-order chi connectivity index (χ1) is 19.2. The molecule has 0 aliphatic rings. The predicted molar refractivity (Wildman–Crippen MR) is 154 cm³/mol. The van der Waals surface area contributed by atoms with Crippen LogP contribution in [0.1, 0.15) is 59.9 Å². The summed E-state index contributed by atoms with van der Waals surface area (Å²) in [5, 5.41) is 21.7. The summed E-state index contributed by atoms with van der Waals surface area (Å²) in [5.41, 5.74) is 6.42. The van der Waals surface area contributed by atoms with E-state index in [0.717, 1.165) is 5.56 Å². The number of nitrogens with one attached hydrogen (secondary N) is 4. The number of carbonyl (C=O) groups is 5. The average Bonchev–Trinajstić information content (AvgIpc) is 2.92. The van der Waals surface area contributed by atoms with Gasteiger partial charge in [0.15, 0.2) is 0 Å². The minimum Gasteiger partial charge on any atom is -0.467 e. The summed E-state index contributed by atoms with van der Waals surface area (Å²) >= 11 is 0. The molecule has 6 atom stereocenters. The van der Waals surface area contributed by atoms with Crippen LogP contribution < -0.4 is 27.0 Å². The van der Waals surface area contributed by atoms with Gasteiger partial charge in [0.2, 0.25) is 23.6 Å². The highest BCUT2D eigenvalue weighted by molar-refractivity contribution is 5.91. The van der Waals surface area contributed by atoms with E-state index in [1.54, 1.807) is 27.7 Å². The molecule has 0 radical (unpaired) electrons. The number of ether oxygens (including phenoxy) is 1. The first-order valence-electron chi connectivity index (χ1n) is 13.9. The molecule has 4 amide bonds. The molecule has 41 heavy (non-hydrogen) atoms. The Morgan fingerprint density at radius 3 is 1.90 bits per heavy atom. The summed E-state index contributed by atoms with van der Waals surface area (Å²) in [4.78, 5) is 62.6. The van der Waals surface area contributed by atoms with Crippen LogP contribution in [0.2, 0.25) is 0 Å². The van der Waals surface area contributed by atoms with Gasteiger partial charge in [0, 0.05) is 6.42 Å². The Balaban J connectivity index is 2.90. The van der Waals surface area contributed by atoms with E-state index < -0.39 is 65.9 Å². The van der Waals surface area contributed by atoms with Crippen molar-refractivity contribution >= 4 is 29.6 Å². The normalized spacial score (nSPS) is 15.6. The molecular formula is C29H47N5O7. The summed E-state index contributed by atoms with van der Waals surface area (Å²) in [6.07, 6.45) is -0.963. The van der Waals surface area contributed by atoms with Crippen molar-refractivity contribution in [2.45, 2.75) is 97.1 Å². The van der Waals surface area contributed by atoms with Crippen LogP contribution in [-0.2, 0) is 35.1 Å². The molecule has 0 aliphatic heterocycles. The van der Waals surface area contributed by atoms with E-state index in [1.807, 2.05) is 30.3 Å². The number of hydrogen-bond donors (Lipinski definition) is 6. The summed E-state index contributed by atoms with van der Waals surface area (Å²) in [6.45, 7) is 10.1. The van der Waals surface area contributed by atoms with Crippen molar-refractivity contribution in [3.8, 4) is 0 Å². The Bertz CT molecular complexity index is 1020. The lowest BCUT2D eigenvalue weighted by Crippen LogP contribution is -2.55. The number of amides is 4. The third-order valence-electron chi connectivity index (χ3n) is 6.61. The number of methoxy groups -OCH3 is 1. The van der Waals surface area contributed by atoms with E-state index in [1.165, 1.54) is 21.0 Å². The minimum absolute atomic E-state index is 0.00655. The highest BCUT2D eigenvalue weighted by Gasteiger charge is 2.31. The molecule has 0 bridgehead atoms. The highest BCUT2D eigenvalue weighted by atomic mass is 16.5. The van der Waals surface area contributed by atoms with Gasteiger partial charge >= 0.3 is 5.97 Å². The van der Waals surface area contributed by atoms with Gasteiger partial charge in [-0.2, -0.15) is 0 Å². The molecule has 0 aliphatic carbocycles. The van der Waals surface area contributed by atoms with Crippen LogP contribution in [0.25, 0.3) is 0 Å². The molecule has 0 unspecified atom stereocenters. The fraction of sp³-hybridized carbons (Fsp3) is 0.621. The minimum atomic E-state index is -1.11. The Hall–Kier alpha value is -3.51. The number of benzene rings is 1. The first-order valence-corrected chi connectivity index (χ1v) is 13.9. The fourth-order valence-corrected chi connectivity index (χ4v) is 4.00. The van der Waals surface area contributed by atoms with Crippen LogP contribution in [0.5, 0.6) is 0 Å². The molecule has 1 aromatic carbocycles. The number of carbonyl (C=O) groups excluding carboxylic acids is 5. The highest BCUT2D eigenvalue weighted by Crippen LogP contribution is 2.12. The van der Waals surface area contributed by atoms with Crippen LogP contribution >= 0.6 is 0 Å². The number of aliphatic hydroxyl groups is 1. The molecule has 0 heterocycles. The van der Waals surface area contributed by atoms with Crippen LogP contribution in [0.3, 0.4) is 0 Å². The largest absolute Gasteiger partial charge is 0.467 e. The second-order valence-electron chi connectivity index (χ2n) is 11.0. The Morgan fingerprint density at radius 1 is 0.805 bits per heavy atom. The van der Waals surface area contributed by atoms with Gasteiger partial charge in [-0.25, -0.2) is 4.79 Å². The molecule has 230 valence electrons. The number of rotatable bonds is 16. The molecule has 0 saturated heterocycles. The maximum absolute atomic E-state index is 12.9. The lowest BCUT2D eigenvalue weighted by atomic mass is 9.97. The maximum Gasteiger partial charge on any atom is 0.328 e. The predicted octanol–water partition coefficient (Wildman–Crippen LogP) is 0.162. The number of aliphatic hydroxyl groups excluding tert-OH is 1. The fourth-order valence-electron chi connectivity index (χ4n) is 4.00. The van der Waals surface area contributed by atoms with Crippen LogP contribution in [0.4, 0.5) is 0 Å². The van der Waals surface area contributed by atoms with Crippen molar-refractivity contribution in [2.75, 3.05) is 7.11 Å². The van der Waals surface area contributed by atoms with Gasteiger partial charge in [0.25, 0.3) is 0 Å². The molecule has 1 aromatic rings. The van der Waals surface area contributed by atoms with E-state index in [0.29, 0.717) is 0 Å². The van der Waals surface area contributed by atoms with Crippen LogP contribution in [0, 0.1) is 11.8 Å². The van der Waals surface area contributed by atoms with Gasteiger partial charge in [0.05, 0.1) is 25.3 Å². The zero-order valence-electron chi connectivity index (χ0n) is 25.1. The van der Waals surface area contributed by atoms with Gasteiger partial charge in [-0.3, -0.25) is 19.2 Å². The number of nitrogens with two attached hydrogens (primary N) is 1. The number of hydrogen-bond acceptors (Lipinski definition) is 8. The summed E-state index contributed by atoms with van der Waals surface area (Å²) in [7, 11) is 1.24. The van der Waals surface area contributed by atoms with Crippen molar-refractivity contribution < 1.29 is 33.8 Å². The first kappa shape index (κ1) is 35.5. The number of esters is 1. The quantitative estimate of drug-likeness (QED) is 0.150. The monoisotopic (exact) mass is 577 g/mol. The Morgan fingerprint density at radius 2 is 1.39 bits per heavy atom. The zero-order valence-corrected chi connectivity index (χ0v) is 25.1. The van der Waals surface area contributed by atoms with Crippen LogP contribution in [-0.4, -0.2) is 78.1 Å². The molecule has 0 saturated carbocycles. The van der Waals surface area contributed by atoms with Crippen molar-refractivity contribution in [2.24, 2.45) is 17.6 Å². The average molecular weight is 578 g/mol. The van der Waals surface area contributed by atoms with E-state index in [2.05, 4.69) is 21.3 Å². The van der Waals surface area contributed by atoms with E-state index in [9.17, 15) is 29.1 Å². The zero-order chi connectivity index (χ0) is 31.3. The molecule has 0 spiro atoms. The molecule has 12 nitrogen and oxygen atoms in total. The standard InChI is InChI=1S/C29H47N5O7/c1-16(2)24(28(39)34-25(17(3)4)29(40)41-7)33-23(36)14-13-22(35)21(15-20-11-9-8-10-12-20)32-27(38)19(6)31-26(37)18(5)30/h8-12,16-19,21-22,24-25,35H,13-15,30H2,1-7H3,(H,31,37)(H,32,38)(H,33,36)(H,34,39)/t18-,19-,21-,22-,24-,25-/m0/s1. The summed E-state index contributed by atoms with van der Waals surface area (Å²) in [5.74, 6) is -3.08. The van der Waals surface area contributed by atoms with Gasteiger partial charge < -0.3 is 36.8 Å². The lowest BCUT2D eigenvalue weighted by Gasteiger charge is -2.27. The SMILES string of the molecule is COC(=O)[C@@H](NC(=O)[C@@H](NC(=O)CC[C@H](O)[C@H](Cc1ccccc1)NC(=O)[C@H](C)NC(=O)[C@H](C)N)C(C)C)C(C)C. The van der Waals surface area contributed by atoms with Gasteiger partial charge in [-0.1, -0.05) is 58.0 Å². The summed E-state index contributed by atoms with van der Waals surface area (Å²) in [6, 6.07) is 4.99. The smallest absolute Gasteiger partial charge is 0.328 e. The van der Waals surface area contributed by atoms with Crippen LogP contribution in [0.15, 0.2) is 30.3 Å². The summed E-state index contributed by atoms with van der Waals surface area (Å²) < 4.78 is 4.77. The molecule has 0 fully saturated rings. The Labute approximate surface area is 242 Å². The van der Waals surface area contributed by atoms with Crippen molar-refractivity contribution in [1.82, 2.24) is 21.3 Å². The molecule has 7 N–H and O–H groups in total. The van der Waals surface area contributed by atoms with Crippen molar-refractivity contribution in [3.05, 3.63) is 35.9 Å². The Kier molecular flexibility index (Phi) is 15.0. The van der Waals surface area contributed by atoms with Gasteiger partial charge in [-0.05, 0) is 44.1 Å².